The molecule has 4 aromatic rings. The summed E-state index contributed by atoms with van der Waals surface area (Å²) in [6.45, 7) is 0.881. The molecule has 0 unspecified atom stereocenters. The molecule has 1 fully saturated rings. The monoisotopic (exact) mass is 580 g/mol. The Balaban J connectivity index is 1.28. The predicted molar refractivity (Wildman–Crippen MR) is 149 cm³/mol. The molecule has 13 heteroatoms. The minimum absolute atomic E-state index is 0.0389. The summed E-state index contributed by atoms with van der Waals surface area (Å²) in [5, 5.41) is 12.6. The third kappa shape index (κ3) is 6.55. The number of hydrogen-bond donors (Lipinski definition) is 3. The highest BCUT2D eigenvalue weighted by molar-refractivity contribution is 6.30. The van der Waals surface area contributed by atoms with Crippen molar-refractivity contribution >= 4 is 57.7 Å². The van der Waals surface area contributed by atoms with Crippen LogP contribution in [0.5, 0.6) is 0 Å². The van der Waals surface area contributed by atoms with E-state index in [0.717, 1.165) is 12.8 Å². The molecule has 3 N–H and O–H groups in total. The number of halogens is 2. The van der Waals surface area contributed by atoms with Gasteiger partial charge in [0.1, 0.15) is 18.1 Å². The first-order valence-corrected chi connectivity index (χ1v) is 13.2. The van der Waals surface area contributed by atoms with E-state index < -0.39 is 17.8 Å². The Morgan fingerprint density at radius 3 is 2.63 bits per heavy atom. The maximum Gasteiger partial charge on any atom is 0.326 e. The van der Waals surface area contributed by atoms with Crippen LogP contribution < -0.4 is 16.0 Å². The molecule has 0 bridgehead atoms. The zero-order chi connectivity index (χ0) is 29.1. The number of nitrogens with zero attached hydrogens (tertiary/aromatic N) is 3. The first-order chi connectivity index (χ1) is 19.7. The highest BCUT2D eigenvalue weighted by atomic mass is 35.5. The van der Waals surface area contributed by atoms with Gasteiger partial charge in [0.2, 0.25) is 17.7 Å². The van der Waals surface area contributed by atoms with Gasteiger partial charge in [-0.3, -0.25) is 24.4 Å². The van der Waals surface area contributed by atoms with Gasteiger partial charge in [0.25, 0.3) is 0 Å². The molecular formula is C28H26ClFN6O5. The van der Waals surface area contributed by atoms with Crippen LogP contribution in [0.15, 0.2) is 59.2 Å². The molecule has 5 rings (SSSR count). The van der Waals surface area contributed by atoms with Crippen LogP contribution in [0, 0.1) is 5.82 Å². The molecule has 0 spiro atoms. The van der Waals surface area contributed by atoms with Crippen molar-refractivity contribution in [1.29, 1.82) is 0 Å². The number of carbonyl (C=O) groups excluding carboxylic acids is 4. The Hall–Kier alpha value is -4.71. The Morgan fingerprint density at radius 2 is 1.93 bits per heavy atom. The van der Waals surface area contributed by atoms with Crippen LogP contribution in [0.1, 0.15) is 35.8 Å². The lowest BCUT2D eigenvalue weighted by atomic mass is 10.1. The van der Waals surface area contributed by atoms with E-state index in [9.17, 15) is 23.6 Å². The molecule has 1 aliphatic carbocycles. The molecule has 212 valence electrons. The van der Waals surface area contributed by atoms with Crippen molar-refractivity contribution in [3.8, 4) is 0 Å². The molecule has 0 saturated heterocycles. The van der Waals surface area contributed by atoms with Crippen molar-refractivity contribution < 1.29 is 28.0 Å². The highest BCUT2D eigenvalue weighted by Gasteiger charge is 2.34. The van der Waals surface area contributed by atoms with Crippen LogP contribution in [-0.4, -0.2) is 50.9 Å². The first kappa shape index (κ1) is 27.8. The van der Waals surface area contributed by atoms with Crippen LogP contribution in [0.3, 0.4) is 0 Å². The van der Waals surface area contributed by atoms with Crippen LogP contribution >= 0.6 is 11.6 Å². The molecule has 0 radical (unpaired) electrons. The van der Waals surface area contributed by atoms with E-state index in [2.05, 4.69) is 21.0 Å². The van der Waals surface area contributed by atoms with E-state index in [1.165, 1.54) is 34.9 Å². The fourth-order valence-corrected chi connectivity index (χ4v) is 4.57. The third-order valence-corrected chi connectivity index (χ3v) is 6.81. The number of anilines is 2. The molecule has 1 aliphatic rings. The normalized spacial score (nSPS) is 12.7. The summed E-state index contributed by atoms with van der Waals surface area (Å²) in [6.07, 6.45) is 2.95. The van der Waals surface area contributed by atoms with E-state index in [4.69, 9.17) is 16.0 Å². The van der Waals surface area contributed by atoms with E-state index >= 15 is 0 Å². The van der Waals surface area contributed by atoms with Crippen molar-refractivity contribution in [3.05, 3.63) is 76.9 Å². The molecule has 0 atom stereocenters. The number of hydrogen-bond acceptors (Lipinski definition) is 6. The smallest absolute Gasteiger partial charge is 0.326 e. The molecule has 2 aromatic heterocycles. The third-order valence-electron chi connectivity index (χ3n) is 6.51. The van der Waals surface area contributed by atoms with Crippen molar-refractivity contribution in [3.63, 3.8) is 0 Å². The minimum Gasteiger partial charge on any atom is -0.449 e. The molecular weight excluding hydrogens is 555 g/mol. The minimum atomic E-state index is -0.604. The second-order valence-corrected chi connectivity index (χ2v) is 10.0. The maximum absolute atomic E-state index is 14.2. The van der Waals surface area contributed by atoms with Crippen LogP contribution in [0.2, 0.25) is 5.02 Å². The van der Waals surface area contributed by atoms with Gasteiger partial charge in [-0.15, -0.1) is 0 Å². The zero-order valence-corrected chi connectivity index (χ0v) is 22.7. The van der Waals surface area contributed by atoms with E-state index in [-0.39, 0.29) is 59.5 Å². The summed E-state index contributed by atoms with van der Waals surface area (Å²) in [7, 11) is 0. The summed E-state index contributed by atoms with van der Waals surface area (Å²) >= 11 is 5.81. The number of furan rings is 1. The van der Waals surface area contributed by atoms with Crippen molar-refractivity contribution in [1.82, 2.24) is 20.0 Å². The molecule has 2 aromatic carbocycles. The molecule has 11 nitrogen and oxygen atoms in total. The van der Waals surface area contributed by atoms with Crippen LogP contribution in [0.25, 0.3) is 10.9 Å². The van der Waals surface area contributed by atoms with Gasteiger partial charge in [0.15, 0.2) is 5.78 Å². The van der Waals surface area contributed by atoms with Gasteiger partial charge < -0.3 is 20.0 Å². The van der Waals surface area contributed by atoms with Gasteiger partial charge in [-0.1, -0.05) is 23.7 Å². The number of benzene rings is 2. The number of nitrogens with one attached hydrogen (secondary N) is 3. The van der Waals surface area contributed by atoms with Gasteiger partial charge in [0.05, 0.1) is 23.3 Å². The van der Waals surface area contributed by atoms with Gasteiger partial charge in [-0.05, 0) is 43.2 Å². The summed E-state index contributed by atoms with van der Waals surface area (Å²) in [5.41, 5.74) is 1.30. The van der Waals surface area contributed by atoms with E-state index in [1.807, 2.05) is 0 Å². The average molecular weight is 581 g/mol. The van der Waals surface area contributed by atoms with Crippen molar-refractivity contribution in [2.45, 2.75) is 38.9 Å². The predicted octanol–water partition coefficient (Wildman–Crippen LogP) is 4.58. The van der Waals surface area contributed by atoms with Crippen molar-refractivity contribution in [2.24, 2.45) is 0 Å². The zero-order valence-electron chi connectivity index (χ0n) is 21.9. The number of ketones is 1. The Morgan fingerprint density at radius 1 is 1.12 bits per heavy atom. The fraction of sp³-hybridized carbons (Fsp3) is 0.250. The number of fused-ring (bicyclic) bond motifs is 1. The van der Waals surface area contributed by atoms with E-state index in [0.29, 0.717) is 16.6 Å². The Labute approximate surface area is 238 Å². The lowest BCUT2D eigenvalue weighted by molar-refractivity contribution is -0.137. The molecule has 0 aliphatic heterocycles. The number of aromatic nitrogens is 2. The second-order valence-electron chi connectivity index (χ2n) is 9.59. The van der Waals surface area contributed by atoms with Crippen molar-refractivity contribution in [2.75, 3.05) is 17.2 Å². The fourth-order valence-electron chi connectivity index (χ4n) is 4.38. The lowest BCUT2D eigenvalue weighted by Gasteiger charge is -2.22. The number of carbonyl (C=O) groups is 4. The van der Waals surface area contributed by atoms with Gasteiger partial charge in [-0.25, -0.2) is 9.18 Å². The SMILES string of the molecule is CC(=O)c1nn(CC(=O)N(CC(=O)NCc2cccc(Cl)c2F)C2CC2)c2ccc(NC(=O)Nc3ccco3)cc12. The molecule has 2 heterocycles. The second kappa shape index (κ2) is 11.8. The standard InChI is InChI=1S/C28H26ClFN6O5/c1-16(37)27-20-12-18(32-28(40)33-24-6-3-11-41-24)7-10-22(20)36(34-27)15-25(39)35(19-8-9-19)14-23(38)31-13-17-4-2-5-21(29)26(17)30/h2-7,10-12,19H,8-9,13-15H2,1H3,(H,31,38)(H2,32,33,40). The Kier molecular flexibility index (Phi) is 8.02. The summed E-state index contributed by atoms with van der Waals surface area (Å²) in [6, 6.07) is 12.0. The highest BCUT2D eigenvalue weighted by Crippen LogP contribution is 2.28. The largest absolute Gasteiger partial charge is 0.449 e. The average Bonchev–Trinajstić information content (AvgIpc) is 3.53. The lowest BCUT2D eigenvalue weighted by Crippen LogP contribution is -2.43. The number of amides is 4. The van der Waals surface area contributed by atoms with Crippen LogP contribution in [0.4, 0.5) is 20.8 Å². The molecule has 41 heavy (non-hydrogen) atoms. The maximum atomic E-state index is 14.2. The van der Waals surface area contributed by atoms with E-state index in [1.54, 1.807) is 36.4 Å². The topological polar surface area (TPSA) is 139 Å². The summed E-state index contributed by atoms with van der Waals surface area (Å²) < 4.78 is 20.7. The summed E-state index contributed by atoms with van der Waals surface area (Å²) in [4.78, 5) is 52.1. The van der Waals surface area contributed by atoms with Gasteiger partial charge in [-0.2, -0.15) is 5.10 Å². The quantitative estimate of drug-likeness (QED) is 0.235. The van der Waals surface area contributed by atoms with Gasteiger partial charge >= 0.3 is 6.03 Å². The van der Waals surface area contributed by atoms with Gasteiger partial charge in [0, 0.05) is 42.2 Å². The first-order valence-electron chi connectivity index (χ1n) is 12.8. The van der Waals surface area contributed by atoms with Crippen LogP contribution in [-0.2, 0) is 22.7 Å². The summed E-state index contributed by atoms with van der Waals surface area (Å²) in [5.74, 6) is -1.44. The molecule has 4 amide bonds. The number of rotatable bonds is 10. The number of urea groups is 1. The molecule has 1 saturated carbocycles. The Bertz CT molecular complexity index is 1630. The number of Topliss-reactive ketones (excluding diaryl/α,β-unsaturated/α-hetero) is 1.